The summed E-state index contributed by atoms with van der Waals surface area (Å²) in [7, 11) is -2.05. The Bertz CT molecular complexity index is 1110. The molecule has 2 amide bonds. The van der Waals surface area contributed by atoms with Crippen LogP contribution in [-0.2, 0) is 19.6 Å². The predicted octanol–water partition coefficient (Wildman–Crippen LogP) is 2.50. The minimum Gasteiger partial charge on any atom is -0.497 e. The van der Waals surface area contributed by atoms with Crippen molar-refractivity contribution in [3.63, 3.8) is 0 Å². The van der Waals surface area contributed by atoms with Gasteiger partial charge in [0.1, 0.15) is 5.75 Å². The Labute approximate surface area is 200 Å². The summed E-state index contributed by atoms with van der Waals surface area (Å²) in [6.45, 7) is 3.05. The first kappa shape index (κ1) is 25.5. The van der Waals surface area contributed by atoms with Crippen molar-refractivity contribution < 1.29 is 22.7 Å². The second kappa shape index (κ2) is 11.3. The highest BCUT2D eigenvalue weighted by molar-refractivity contribution is 7.89. The van der Waals surface area contributed by atoms with Gasteiger partial charge in [-0.15, -0.1) is 0 Å². The van der Waals surface area contributed by atoms with Crippen LogP contribution in [0.1, 0.15) is 31.2 Å². The van der Waals surface area contributed by atoms with E-state index in [4.69, 9.17) is 10.5 Å². The van der Waals surface area contributed by atoms with Crippen molar-refractivity contribution in [2.24, 2.45) is 5.73 Å². The molecule has 0 atom stereocenters. The monoisotopic (exact) mass is 488 g/mol. The number of piperidine rings is 1. The van der Waals surface area contributed by atoms with Crippen LogP contribution in [0.2, 0.25) is 0 Å². The van der Waals surface area contributed by atoms with Gasteiger partial charge in [-0.3, -0.25) is 9.59 Å². The van der Waals surface area contributed by atoms with Crippen LogP contribution < -0.4 is 20.7 Å². The van der Waals surface area contributed by atoms with Crippen molar-refractivity contribution in [2.45, 2.75) is 37.5 Å². The molecule has 0 spiro atoms. The van der Waals surface area contributed by atoms with Gasteiger partial charge in [0.15, 0.2) is 0 Å². The zero-order valence-electron chi connectivity index (χ0n) is 19.6. The molecule has 0 bridgehead atoms. The molecule has 1 aliphatic heterocycles. The lowest BCUT2D eigenvalue weighted by Gasteiger charge is -2.26. The van der Waals surface area contributed by atoms with E-state index in [2.05, 4.69) is 5.32 Å². The lowest BCUT2D eigenvalue weighted by molar-refractivity contribution is -0.118. The van der Waals surface area contributed by atoms with Crippen LogP contribution in [0, 0.1) is 6.92 Å². The van der Waals surface area contributed by atoms with E-state index in [9.17, 15) is 18.0 Å². The largest absolute Gasteiger partial charge is 0.497 e. The van der Waals surface area contributed by atoms with E-state index in [1.807, 2.05) is 0 Å². The maximum atomic E-state index is 13.1. The molecule has 0 aromatic heterocycles. The second-order valence-corrected chi connectivity index (χ2v) is 10.3. The number of hydrogen-bond acceptors (Lipinski definition) is 6. The SMILES string of the molecule is COc1ccc(N(CCC(N)=O)CC(=O)Nc2cc(S(=O)(=O)N3CCCCC3)ccc2C)cc1. The summed E-state index contributed by atoms with van der Waals surface area (Å²) in [6, 6.07) is 11.9. The van der Waals surface area contributed by atoms with Gasteiger partial charge in [-0.25, -0.2) is 8.42 Å². The summed E-state index contributed by atoms with van der Waals surface area (Å²) in [5.74, 6) is -0.133. The third-order valence-corrected chi connectivity index (χ3v) is 7.73. The van der Waals surface area contributed by atoms with Gasteiger partial charge in [0.25, 0.3) is 0 Å². The molecule has 2 aromatic carbocycles. The van der Waals surface area contributed by atoms with Gasteiger partial charge < -0.3 is 20.7 Å². The number of benzene rings is 2. The third kappa shape index (κ3) is 6.48. The zero-order valence-corrected chi connectivity index (χ0v) is 20.4. The van der Waals surface area contributed by atoms with Crippen molar-refractivity contribution in [1.82, 2.24) is 4.31 Å². The molecule has 1 fully saturated rings. The fourth-order valence-corrected chi connectivity index (χ4v) is 5.40. The molecule has 184 valence electrons. The average Bonchev–Trinajstić information content (AvgIpc) is 2.83. The topological polar surface area (TPSA) is 122 Å². The summed E-state index contributed by atoms with van der Waals surface area (Å²) in [5, 5.41) is 2.83. The minimum absolute atomic E-state index is 0.0395. The standard InChI is InChI=1S/C24H32N4O5S/c1-18-6-11-21(34(31,32)28-13-4-3-5-14-28)16-22(18)26-24(30)17-27(15-12-23(25)29)19-7-9-20(33-2)10-8-19/h6-11,16H,3-5,12-15,17H2,1-2H3,(H2,25,29)(H,26,30). The number of nitrogens with zero attached hydrogens (tertiary/aromatic N) is 2. The lowest BCUT2D eigenvalue weighted by atomic mass is 10.2. The maximum absolute atomic E-state index is 13.1. The molecule has 34 heavy (non-hydrogen) atoms. The normalized spacial score (nSPS) is 14.4. The van der Waals surface area contributed by atoms with Gasteiger partial charge >= 0.3 is 0 Å². The van der Waals surface area contributed by atoms with Gasteiger partial charge in [0.05, 0.1) is 18.6 Å². The van der Waals surface area contributed by atoms with Crippen LogP contribution in [-0.4, -0.2) is 57.8 Å². The summed E-state index contributed by atoms with van der Waals surface area (Å²) >= 11 is 0. The lowest BCUT2D eigenvalue weighted by Crippen LogP contribution is -2.36. The number of hydrogen-bond donors (Lipinski definition) is 2. The number of carbonyl (C=O) groups is 2. The predicted molar refractivity (Wildman–Crippen MR) is 131 cm³/mol. The number of amides is 2. The number of carbonyl (C=O) groups excluding carboxylic acids is 2. The van der Waals surface area contributed by atoms with Crippen LogP contribution in [0.25, 0.3) is 0 Å². The first-order chi connectivity index (χ1) is 16.2. The molecule has 0 saturated carbocycles. The van der Waals surface area contributed by atoms with Crippen LogP contribution >= 0.6 is 0 Å². The average molecular weight is 489 g/mol. The van der Waals surface area contributed by atoms with Crippen LogP contribution in [0.4, 0.5) is 11.4 Å². The molecule has 2 aromatic rings. The highest BCUT2D eigenvalue weighted by Crippen LogP contribution is 2.25. The number of methoxy groups -OCH3 is 1. The maximum Gasteiger partial charge on any atom is 0.243 e. The van der Waals surface area contributed by atoms with Crippen molar-refractivity contribution in [2.75, 3.05) is 43.5 Å². The van der Waals surface area contributed by atoms with Crippen molar-refractivity contribution >= 4 is 33.2 Å². The van der Waals surface area contributed by atoms with Gasteiger partial charge in [-0.05, 0) is 61.7 Å². The van der Waals surface area contributed by atoms with E-state index in [0.29, 0.717) is 24.5 Å². The summed E-state index contributed by atoms with van der Waals surface area (Å²) in [6.07, 6.45) is 2.81. The van der Waals surface area contributed by atoms with E-state index in [0.717, 1.165) is 30.5 Å². The smallest absolute Gasteiger partial charge is 0.243 e. The number of primary amides is 1. The van der Waals surface area contributed by atoms with Crippen molar-refractivity contribution in [3.05, 3.63) is 48.0 Å². The highest BCUT2D eigenvalue weighted by Gasteiger charge is 2.26. The van der Waals surface area contributed by atoms with E-state index < -0.39 is 15.9 Å². The number of ether oxygens (including phenoxy) is 1. The molecule has 0 aliphatic carbocycles. The number of anilines is 2. The van der Waals surface area contributed by atoms with Gasteiger partial charge in [0.2, 0.25) is 21.8 Å². The van der Waals surface area contributed by atoms with Gasteiger partial charge in [-0.2, -0.15) is 4.31 Å². The van der Waals surface area contributed by atoms with E-state index in [-0.39, 0.29) is 30.3 Å². The van der Waals surface area contributed by atoms with Gasteiger partial charge in [-0.1, -0.05) is 12.5 Å². The summed E-state index contributed by atoms with van der Waals surface area (Å²) in [5.41, 5.74) is 7.23. The third-order valence-electron chi connectivity index (χ3n) is 5.84. The molecule has 0 radical (unpaired) electrons. The fraction of sp³-hybridized carbons (Fsp3) is 0.417. The van der Waals surface area contributed by atoms with E-state index in [1.165, 1.54) is 10.4 Å². The van der Waals surface area contributed by atoms with Gasteiger partial charge in [0, 0.05) is 37.4 Å². The molecule has 3 N–H and O–H groups in total. The summed E-state index contributed by atoms with van der Waals surface area (Å²) < 4.78 is 32.8. The Morgan fingerprint density at radius 3 is 2.38 bits per heavy atom. The molecule has 1 heterocycles. The Kier molecular flexibility index (Phi) is 8.51. The quantitative estimate of drug-likeness (QED) is 0.530. The number of rotatable bonds is 10. The van der Waals surface area contributed by atoms with Crippen LogP contribution in [0.3, 0.4) is 0 Å². The number of nitrogens with one attached hydrogen (secondary N) is 1. The van der Waals surface area contributed by atoms with E-state index >= 15 is 0 Å². The van der Waals surface area contributed by atoms with Crippen LogP contribution in [0.15, 0.2) is 47.4 Å². The number of aryl methyl sites for hydroxylation is 1. The molecular formula is C24H32N4O5S. The molecule has 3 rings (SSSR count). The molecule has 1 aliphatic rings. The molecule has 10 heteroatoms. The fourth-order valence-electron chi connectivity index (χ4n) is 3.85. The molecule has 9 nitrogen and oxygen atoms in total. The number of nitrogens with two attached hydrogens (primary N) is 1. The Balaban J connectivity index is 1.76. The van der Waals surface area contributed by atoms with Crippen molar-refractivity contribution in [1.29, 1.82) is 0 Å². The first-order valence-corrected chi connectivity index (χ1v) is 12.7. The molecular weight excluding hydrogens is 456 g/mol. The highest BCUT2D eigenvalue weighted by atomic mass is 32.2. The Morgan fingerprint density at radius 1 is 1.09 bits per heavy atom. The molecule has 1 saturated heterocycles. The first-order valence-electron chi connectivity index (χ1n) is 11.3. The minimum atomic E-state index is -3.62. The number of sulfonamides is 1. The second-order valence-electron chi connectivity index (χ2n) is 8.33. The Morgan fingerprint density at radius 2 is 1.76 bits per heavy atom. The summed E-state index contributed by atoms with van der Waals surface area (Å²) in [4.78, 5) is 26.2. The van der Waals surface area contributed by atoms with Crippen molar-refractivity contribution in [3.8, 4) is 5.75 Å². The zero-order chi connectivity index (χ0) is 24.7. The molecule has 0 unspecified atom stereocenters. The van der Waals surface area contributed by atoms with E-state index in [1.54, 1.807) is 55.3 Å². The Hall–Kier alpha value is -3.11. The van der Waals surface area contributed by atoms with Crippen LogP contribution in [0.5, 0.6) is 5.75 Å².